The van der Waals surface area contributed by atoms with E-state index in [0.29, 0.717) is 12.2 Å². The first kappa shape index (κ1) is 12.6. The third kappa shape index (κ3) is 2.38. The summed E-state index contributed by atoms with van der Waals surface area (Å²) < 4.78 is 15.0. The molecule has 0 saturated heterocycles. The Bertz CT molecular complexity index is 607. The van der Waals surface area contributed by atoms with Crippen molar-refractivity contribution in [2.75, 3.05) is 0 Å². The number of carboxylic acid groups (broad SMARTS) is 1. The topological polar surface area (TPSA) is 42.2 Å². The molecule has 5 heteroatoms. The first-order valence-electron chi connectivity index (χ1n) is 5.32. The van der Waals surface area contributed by atoms with Crippen molar-refractivity contribution in [2.24, 2.45) is 0 Å². The number of hydrogen-bond acceptors (Lipinski definition) is 1. The largest absolute Gasteiger partial charge is 0.478 e. The number of aromatic nitrogens is 1. The fraction of sp³-hybridized carbons (Fsp3) is 0.154. The molecule has 0 radical (unpaired) electrons. The van der Waals surface area contributed by atoms with Crippen molar-refractivity contribution in [3.05, 3.63) is 58.1 Å². The molecular weight excluding hydrogens is 257 g/mol. The van der Waals surface area contributed by atoms with Crippen LogP contribution in [-0.4, -0.2) is 15.6 Å². The summed E-state index contributed by atoms with van der Waals surface area (Å²) in [4.78, 5) is 10.9. The molecule has 2 rings (SSSR count). The summed E-state index contributed by atoms with van der Waals surface area (Å²) in [6.07, 6.45) is 1.67. The van der Waals surface area contributed by atoms with Crippen LogP contribution in [0.3, 0.4) is 0 Å². The third-order valence-corrected chi connectivity index (χ3v) is 3.12. The lowest BCUT2D eigenvalue weighted by Gasteiger charge is -2.07. The zero-order chi connectivity index (χ0) is 13.3. The maximum atomic E-state index is 13.3. The van der Waals surface area contributed by atoms with Crippen LogP contribution in [0.25, 0.3) is 0 Å². The monoisotopic (exact) mass is 267 g/mol. The lowest BCUT2D eigenvalue weighted by Crippen LogP contribution is -2.04. The predicted octanol–water partition coefficient (Wildman–Crippen LogP) is 3.34. The summed E-state index contributed by atoms with van der Waals surface area (Å²) >= 11 is 5.60. The van der Waals surface area contributed by atoms with Gasteiger partial charge < -0.3 is 9.67 Å². The van der Waals surface area contributed by atoms with Crippen molar-refractivity contribution in [2.45, 2.75) is 13.5 Å². The van der Waals surface area contributed by atoms with Crippen molar-refractivity contribution >= 4 is 17.6 Å². The molecule has 0 amide bonds. The quantitative estimate of drug-likeness (QED) is 0.927. The maximum Gasteiger partial charge on any atom is 0.337 e. The summed E-state index contributed by atoms with van der Waals surface area (Å²) in [5, 5.41) is 9.01. The van der Waals surface area contributed by atoms with E-state index in [1.165, 1.54) is 18.2 Å². The molecule has 1 heterocycles. The van der Waals surface area contributed by atoms with Gasteiger partial charge in [-0.15, -0.1) is 0 Å². The highest BCUT2D eigenvalue weighted by atomic mass is 35.5. The van der Waals surface area contributed by atoms with Crippen molar-refractivity contribution in [3.8, 4) is 0 Å². The molecule has 0 bridgehead atoms. The maximum absolute atomic E-state index is 13.3. The molecule has 0 aliphatic carbocycles. The van der Waals surface area contributed by atoms with Gasteiger partial charge in [-0.3, -0.25) is 0 Å². The lowest BCUT2D eigenvalue weighted by atomic mass is 10.2. The molecule has 3 nitrogen and oxygen atoms in total. The molecule has 0 atom stereocenters. The minimum absolute atomic E-state index is 0.0780. The Balaban J connectivity index is 2.29. The summed E-state index contributed by atoms with van der Waals surface area (Å²) in [5.74, 6) is -1.44. The van der Waals surface area contributed by atoms with Crippen molar-refractivity contribution in [1.29, 1.82) is 0 Å². The molecule has 1 aromatic carbocycles. The summed E-state index contributed by atoms with van der Waals surface area (Å²) in [6, 6.07) is 6.08. The molecule has 2 aromatic rings. The third-order valence-electron chi connectivity index (χ3n) is 2.81. The summed E-state index contributed by atoms with van der Waals surface area (Å²) in [5.41, 5.74) is 1.62. The molecule has 1 N–H and O–H groups in total. The van der Waals surface area contributed by atoms with Gasteiger partial charge in [-0.2, -0.15) is 0 Å². The van der Waals surface area contributed by atoms with Gasteiger partial charge in [0.15, 0.2) is 0 Å². The number of carboxylic acids is 1. The zero-order valence-corrected chi connectivity index (χ0v) is 10.4. The van der Waals surface area contributed by atoms with Crippen LogP contribution in [0.15, 0.2) is 30.5 Å². The number of carbonyl (C=O) groups is 1. The molecule has 94 valence electrons. The fourth-order valence-corrected chi connectivity index (χ4v) is 1.90. The highest BCUT2D eigenvalue weighted by Crippen LogP contribution is 2.18. The summed E-state index contributed by atoms with van der Waals surface area (Å²) in [6.45, 7) is 2.13. The highest BCUT2D eigenvalue weighted by Gasteiger charge is 2.11. The average Bonchev–Trinajstić information content (AvgIpc) is 2.66. The zero-order valence-electron chi connectivity index (χ0n) is 9.65. The fourth-order valence-electron chi connectivity index (χ4n) is 1.78. The van der Waals surface area contributed by atoms with E-state index >= 15 is 0 Å². The molecule has 0 fully saturated rings. The van der Waals surface area contributed by atoms with Gasteiger partial charge >= 0.3 is 5.97 Å². The van der Waals surface area contributed by atoms with Crippen LogP contribution in [0.1, 0.15) is 21.6 Å². The normalized spacial score (nSPS) is 10.6. The predicted molar refractivity (Wildman–Crippen MR) is 66.6 cm³/mol. The minimum Gasteiger partial charge on any atom is -0.478 e. The van der Waals surface area contributed by atoms with E-state index in [0.717, 1.165) is 5.56 Å². The Morgan fingerprint density at radius 2 is 2.17 bits per heavy atom. The van der Waals surface area contributed by atoms with Crippen LogP contribution in [0.4, 0.5) is 4.39 Å². The van der Waals surface area contributed by atoms with Crippen LogP contribution in [0, 0.1) is 12.7 Å². The van der Waals surface area contributed by atoms with Crippen LogP contribution in [-0.2, 0) is 6.54 Å². The van der Waals surface area contributed by atoms with E-state index in [1.807, 2.05) is 0 Å². The number of aromatic carboxylic acids is 1. The second kappa shape index (κ2) is 4.82. The number of benzene rings is 1. The van der Waals surface area contributed by atoms with Crippen LogP contribution < -0.4 is 0 Å². The van der Waals surface area contributed by atoms with Crippen molar-refractivity contribution in [1.82, 2.24) is 4.57 Å². The van der Waals surface area contributed by atoms with E-state index in [1.54, 1.807) is 23.8 Å². The van der Waals surface area contributed by atoms with E-state index in [2.05, 4.69) is 0 Å². The number of hydrogen-bond donors (Lipinski definition) is 1. The van der Waals surface area contributed by atoms with Gasteiger partial charge in [0.05, 0.1) is 10.6 Å². The van der Waals surface area contributed by atoms with E-state index in [-0.39, 0.29) is 10.6 Å². The van der Waals surface area contributed by atoms with Crippen LogP contribution in [0.5, 0.6) is 0 Å². The number of halogens is 2. The number of rotatable bonds is 3. The van der Waals surface area contributed by atoms with Gasteiger partial charge in [0, 0.05) is 18.4 Å². The summed E-state index contributed by atoms with van der Waals surface area (Å²) in [7, 11) is 0. The smallest absolute Gasteiger partial charge is 0.337 e. The second-order valence-electron chi connectivity index (χ2n) is 4.00. The SMILES string of the molecule is Cc1c(C(=O)O)ccn1Cc1ccc(Cl)c(F)c1. The lowest BCUT2D eigenvalue weighted by molar-refractivity contribution is 0.0696. The molecule has 0 unspecified atom stereocenters. The Labute approximate surface area is 108 Å². The molecule has 0 saturated carbocycles. The Kier molecular flexibility index (Phi) is 3.39. The highest BCUT2D eigenvalue weighted by molar-refractivity contribution is 6.30. The minimum atomic E-state index is -0.964. The molecule has 0 aliphatic heterocycles. The van der Waals surface area contributed by atoms with Gasteiger partial charge in [0.1, 0.15) is 5.82 Å². The Hall–Kier alpha value is -1.81. The van der Waals surface area contributed by atoms with Crippen LogP contribution >= 0.6 is 11.6 Å². The first-order valence-corrected chi connectivity index (χ1v) is 5.70. The van der Waals surface area contributed by atoms with Gasteiger partial charge in [-0.05, 0) is 30.7 Å². The van der Waals surface area contributed by atoms with Crippen LogP contribution in [0.2, 0.25) is 5.02 Å². The molecule has 18 heavy (non-hydrogen) atoms. The van der Waals surface area contributed by atoms with E-state index in [9.17, 15) is 9.18 Å². The standard InChI is InChI=1S/C13H11ClFNO2/c1-8-10(13(17)18)4-5-16(8)7-9-2-3-11(14)12(15)6-9/h2-6H,7H2,1H3,(H,17,18). The van der Waals surface area contributed by atoms with Crippen molar-refractivity contribution < 1.29 is 14.3 Å². The van der Waals surface area contributed by atoms with Gasteiger partial charge in [0.25, 0.3) is 0 Å². The number of nitrogens with zero attached hydrogens (tertiary/aromatic N) is 1. The van der Waals surface area contributed by atoms with Crippen molar-refractivity contribution in [3.63, 3.8) is 0 Å². The average molecular weight is 268 g/mol. The van der Waals surface area contributed by atoms with Gasteiger partial charge in [0.2, 0.25) is 0 Å². The molecule has 1 aromatic heterocycles. The molecule has 0 aliphatic rings. The first-order chi connectivity index (χ1) is 8.49. The molecule has 0 spiro atoms. The van der Waals surface area contributed by atoms with Gasteiger partial charge in [-0.25, -0.2) is 9.18 Å². The Morgan fingerprint density at radius 3 is 2.72 bits per heavy atom. The Morgan fingerprint density at radius 1 is 1.44 bits per heavy atom. The van der Waals surface area contributed by atoms with Gasteiger partial charge in [-0.1, -0.05) is 17.7 Å². The van der Waals surface area contributed by atoms with E-state index in [4.69, 9.17) is 16.7 Å². The molecular formula is C13H11ClFNO2. The second-order valence-corrected chi connectivity index (χ2v) is 4.40. The van der Waals surface area contributed by atoms with E-state index < -0.39 is 11.8 Å².